The number of aromatic nitrogens is 4. The number of carbonyl (C=O) groups excluding carboxylic acids is 1. The number of fused-ring (bicyclic) bond motifs is 2. The number of ketones is 1. The summed E-state index contributed by atoms with van der Waals surface area (Å²) in [6, 6.07) is 6.20. The van der Waals surface area contributed by atoms with E-state index in [1.54, 1.807) is 29.1 Å². The van der Waals surface area contributed by atoms with Crippen LogP contribution in [0.1, 0.15) is 23.8 Å². The molecule has 2 aromatic heterocycles. The Morgan fingerprint density at radius 3 is 2.81 bits per heavy atom. The highest BCUT2D eigenvalue weighted by Gasteiger charge is 2.53. The number of allylic oxidation sites excluding steroid dienone is 1. The Hall–Kier alpha value is -3.26. The summed E-state index contributed by atoms with van der Waals surface area (Å²) in [5.41, 5.74) is 6.68. The Balaban J connectivity index is 1.42. The fraction of sp³-hybridized carbons (Fsp3) is 0.333. The van der Waals surface area contributed by atoms with Crippen molar-refractivity contribution in [2.45, 2.75) is 24.9 Å². The molecule has 0 saturated carbocycles. The largest absolute Gasteiger partial charge is 0.291 e. The number of hydrogen-bond donors (Lipinski definition) is 1. The molecular formula is C24H24FN7O3S2. The van der Waals surface area contributed by atoms with Gasteiger partial charge in [-0.05, 0) is 49.3 Å². The highest BCUT2D eigenvalue weighted by atomic mass is 32.2. The van der Waals surface area contributed by atoms with Gasteiger partial charge in [-0.25, -0.2) is 23.2 Å². The molecule has 1 aliphatic carbocycles. The second-order valence-electron chi connectivity index (χ2n) is 9.26. The van der Waals surface area contributed by atoms with Crippen molar-refractivity contribution < 1.29 is 17.6 Å². The number of nitrogens with one attached hydrogen (secondary N) is 1. The smallest absolute Gasteiger partial charge is 0.264 e. The second-order valence-corrected chi connectivity index (χ2v) is 11.9. The van der Waals surface area contributed by atoms with E-state index in [0.29, 0.717) is 25.2 Å². The summed E-state index contributed by atoms with van der Waals surface area (Å²) in [5.74, 6) is -0.582. The first-order valence-electron chi connectivity index (χ1n) is 11.9. The van der Waals surface area contributed by atoms with Crippen LogP contribution in [0, 0.1) is 17.2 Å². The first kappa shape index (κ1) is 24.1. The zero-order valence-corrected chi connectivity index (χ0v) is 21.5. The van der Waals surface area contributed by atoms with Gasteiger partial charge >= 0.3 is 0 Å². The summed E-state index contributed by atoms with van der Waals surface area (Å²) < 4.78 is 41.9. The number of carbonyl (C=O) groups is 1. The number of nitrogens with zero attached hydrogens (tertiary/aromatic N) is 6. The van der Waals surface area contributed by atoms with Crippen LogP contribution in [0.3, 0.4) is 0 Å². The Bertz CT molecular complexity index is 1520. The number of aryl methyl sites for hydroxylation is 1. The van der Waals surface area contributed by atoms with Crippen molar-refractivity contribution in [2.24, 2.45) is 11.3 Å². The second kappa shape index (κ2) is 8.94. The highest BCUT2D eigenvalue weighted by molar-refractivity contribution is 7.89. The zero-order valence-electron chi connectivity index (χ0n) is 19.9. The van der Waals surface area contributed by atoms with Crippen LogP contribution in [-0.4, -0.2) is 58.1 Å². The van der Waals surface area contributed by atoms with Gasteiger partial charge in [-0.15, -0.1) is 16.4 Å². The predicted molar refractivity (Wildman–Crippen MR) is 134 cm³/mol. The standard InChI is InChI=1S/C24H24FN7O3S2/c1-2-31-27-12-22(29-31)37(34,35)30-8-7-17-9-21-16(11-28-32(21)19-5-3-18(25)4-6-19)10-24(17,14-30)23(33)20-13-36-15-26-20/h3-7,9,12-13,15-16,28H,2,8,10-11,14H2,1H3/t16?,24-/m0/s1. The van der Waals surface area contributed by atoms with Gasteiger partial charge in [-0.2, -0.15) is 14.2 Å². The van der Waals surface area contributed by atoms with Crippen molar-refractivity contribution in [1.29, 1.82) is 0 Å². The number of anilines is 1. The third-order valence-corrected chi connectivity index (χ3v) is 9.43. The van der Waals surface area contributed by atoms with Crippen LogP contribution in [0.25, 0.3) is 0 Å². The van der Waals surface area contributed by atoms with Crippen molar-refractivity contribution in [3.05, 3.63) is 76.3 Å². The van der Waals surface area contributed by atoms with Gasteiger partial charge < -0.3 is 0 Å². The zero-order chi connectivity index (χ0) is 25.8. The van der Waals surface area contributed by atoms with Crippen molar-refractivity contribution in [3.63, 3.8) is 0 Å². The molecule has 0 bridgehead atoms. The monoisotopic (exact) mass is 541 g/mol. The number of benzene rings is 1. The minimum atomic E-state index is -3.98. The number of thiazole rings is 1. The Kier molecular flexibility index (Phi) is 5.82. The molecule has 1 fully saturated rings. The highest BCUT2D eigenvalue weighted by Crippen LogP contribution is 2.50. The SMILES string of the molecule is CCn1ncc(S(=O)(=O)N2CC=C3C=C4C(CNN4c4ccc(F)cc4)C[C@]3(C(=O)c3cscn3)C2)n1. The molecule has 6 rings (SSSR count). The maximum absolute atomic E-state index is 14.0. The molecule has 0 spiro atoms. The lowest BCUT2D eigenvalue weighted by Crippen LogP contribution is -2.52. The van der Waals surface area contributed by atoms with Crippen molar-refractivity contribution in [3.8, 4) is 0 Å². The quantitative estimate of drug-likeness (QED) is 0.474. The van der Waals surface area contributed by atoms with Gasteiger partial charge in [-0.1, -0.05) is 6.08 Å². The van der Waals surface area contributed by atoms with Crippen LogP contribution in [0.15, 0.2) is 69.8 Å². The van der Waals surface area contributed by atoms with Crippen molar-refractivity contribution in [1.82, 2.24) is 29.7 Å². The van der Waals surface area contributed by atoms with Crippen molar-refractivity contribution >= 4 is 32.8 Å². The molecule has 3 aromatic rings. The first-order chi connectivity index (χ1) is 17.8. The van der Waals surface area contributed by atoms with E-state index in [1.807, 2.05) is 18.0 Å². The average Bonchev–Trinajstić information content (AvgIpc) is 3.68. The Morgan fingerprint density at radius 1 is 1.30 bits per heavy atom. The van der Waals surface area contributed by atoms with Crippen LogP contribution in [0.5, 0.6) is 0 Å². The van der Waals surface area contributed by atoms with Gasteiger partial charge in [0.1, 0.15) is 11.5 Å². The molecule has 3 aliphatic rings. The van der Waals surface area contributed by atoms with Crippen molar-refractivity contribution in [2.75, 3.05) is 24.6 Å². The number of hydrazine groups is 1. The van der Waals surface area contributed by atoms with Crippen LogP contribution in [0.4, 0.5) is 10.1 Å². The number of Topliss-reactive ketones (excluding diaryl/α,β-unsaturated/α-hetero) is 1. The lowest BCUT2D eigenvalue weighted by atomic mass is 9.64. The average molecular weight is 542 g/mol. The molecular weight excluding hydrogens is 517 g/mol. The normalized spacial score (nSPS) is 23.8. The number of sulfonamides is 1. The van der Waals surface area contributed by atoms with Gasteiger partial charge in [0.2, 0.25) is 5.03 Å². The van der Waals surface area contributed by atoms with E-state index >= 15 is 0 Å². The van der Waals surface area contributed by atoms with E-state index < -0.39 is 15.4 Å². The van der Waals surface area contributed by atoms with Crippen LogP contribution in [-0.2, 0) is 16.6 Å². The van der Waals surface area contributed by atoms with Gasteiger partial charge in [0.05, 0.1) is 29.4 Å². The molecule has 37 heavy (non-hydrogen) atoms. The molecule has 13 heteroatoms. The predicted octanol–water partition coefficient (Wildman–Crippen LogP) is 2.62. The van der Waals surface area contributed by atoms with E-state index in [-0.39, 0.29) is 35.6 Å². The Labute approximate surface area is 217 Å². The Morgan fingerprint density at radius 2 is 2.11 bits per heavy atom. The van der Waals surface area contributed by atoms with E-state index in [1.165, 1.54) is 38.8 Å². The summed E-state index contributed by atoms with van der Waals surface area (Å²) in [7, 11) is -3.98. The number of hydrogen-bond acceptors (Lipinski definition) is 9. The maximum atomic E-state index is 14.0. The van der Waals surface area contributed by atoms with Gasteiger partial charge in [0, 0.05) is 36.6 Å². The molecule has 192 valence electrons. The van der Waals surface area contributed by atoms with E-state index in [4.69, 9.17) is 0 Å². The fourth-order valence-corrected chi connectivity index (χ4v) is 7.15. The summed E-state index contributed by atoms with van der Waals surface area (Å²) in [5, 5.41) is 11.6. The van der Waals surface area contributed by atoms with Gasteiger partial charge in [-0.3, -0.25) is 9.80 Å². The van der Waals surface area contributed by atoms with Gasteiger partial charge in [0.15, 0.2) is 5.78 Å². The van der Waals surface area contributed by atoms with Crippen LogP contribution in [0.2, 0.25) is 0 Å². The summed E-state index contributed by atoms with van der Waals surface area (Å²) >= 11 is 1.32. The molecule has 0 radical (unpaired) electrons. The van der Waals surface area contributed by atoms with Gasteiger partial charge in [0.25, 0.3) is 10.0 Å². The third-order valence-electron chi connectivity index (χ3n) is 7.17. The molecule has 1 unspecified atom stereocenters. The lowest BCUT2D eigenvalue weighted by molar-refractivity contribution is 0.0761. The van der Waals surface area contributed by atoms with E-state index in [0.717, 1.165) is 17.0 Å². The van der Waals surface area contributed by atoms with E-state index in [2.05, 4.69) is 20.6 Å². The molecule has 1 N–H and O–H groups in total. The fourth-order valence-electron chi connectivity index (χ4n) is 5.31. The van der Waals surface area contributed by atoms with Crippen LogP contribution < -0.4 is 10.4 Å². The summed E-state index contributed by atoms with van der Waals surface area (Å²) in [6.45, 7) is 2.90. The topological polar surface area (TPSA) is 113 Å². The first-order valence-corrected chi connectivity index (χ1v) is 14.2. The number of halogens is 1. The lowest BCUT2D eigenvalue weighted by Gasteiger charge is -2.44. The van der Waals surface area contributed by atoms with E-state index in [9.17, 15) is 17.6 Å². The molecule has 1 aromatic carbocycles. The maximum Gasteiger partial charge on any atom is 0.264 e. The molecule has 4 heterocycles. The molecule has 0 amide bonds. The summed E-state index contributed by atoms with van der Waals surface area (Å²) in [6.07, 6.45) is 5.42. The minimum Gasteiger partial charge on any atom is -0.291 e. The molecule has 10 nitrogen and oxygen atoms in total. The number of rotatable bonds is 6. The third kappa shape index (κ3) is 3.93. The van der Waals surface area contributed by atoms with Crippen LogP contribution >= 0.6 is 11.3 Å². The molecule has 2 atom stereocenters. The summed E-state index contributed by atoms with van der Waals surface area (Å²) in [4.78, 5) is 19.6. The molecule has 2 aliphatic heterocycles. The molecule has 1 saturated heterocycles. The minimum absolute atomic E-state index is 0.0205.